The van der Waals surface area contributed by atoms with Crippen LogP contribution in [-0.4, -0.2) is 30.1 Å². The molecule has 108 valence electrons. The molecule has 1 aromatic rings. The van der Waals surface area contributed by atoms with Gasteiger partial charge in [-0.3, -0.25) is 4.79 Å². The average Bonchev–Trinajstić information content (AvgIpc) is 2.39. The highest BCUT2D eigenvalue weighted by Gasteiger charge is 2.34. The van der Waals surface area contributed by atoms with Crippen LogP contribution in [0, 0.1) is 5.41 Å². The van der Waals surface area contributed by atoms with Gasteiger partial charge in [0, 0.05) is 11.1 Å². The van der Waals surface area contributed by atoms with Crippen molar-refractivity contribution in [2.75, 3.05) is 18.4 Å². The lowest BCUT2D eigenvalue weighted by Crippen LogP contribution is -2.42. The third-order valence-electron chi connectivity index (χ3n) is 3.71. The fraction of sp³-hybridized carbons (Fsp3) is 0.429. The number of carboxylic acid groups (broad SMARTS) is 1. The molecule has 1 heterocycles. The number of hydrogen-bond donors (Lipinski definition) is 3. The topological polar surface area (TPSA) is 78.4 Å². The summed E-state index contributed by atoms with van der Waals surface area (Å²) in [4.78, 5) is 23.2. The second-order valence-corrected chi connectivity index (χ2v) is 5.67. The third kappa shape index (κ3) is 3.11. The van der Waals surface area contributed by atoms with Gasteiger partial charge < -0.3 is 15.7 Å². The minimum Gasteiger partial charge on any atom is -0.478 e. The van der Waals surface area contributed by atoms with Crippen molar-refractivity contribution in [1.29, 1.82) is 0 Å². The van der Waals surface area contributed by atoms with Crippen LogP contribution in [0.4, 0.5) is 5.69 Å². The molecule has 0 unspecified atom stereocenters. The van der Waals surface area contributed by atoms with E-state index in [9.17, 15) is 9.59 Å². The quantitative estimate of drug-likeness (QED) is 0.800. The number of rotatable bonds is 3. The largest absolute Gasteiger partial charge is 0.478 e. The lowest BCUT2D eigenvalue weighted by atomic mass is 9.80. The SMILES string of the molecule is CC1(C(=O)Nc2ccc(C(=O)O)c(Cl)c2)CCNCC1. The monoisotopic (exact) mass is 296 g/mol. The van der Waals surface area contributed by atoms with Gasteiger partial charge in [0.25, 0.3) is 0 Å². The zero-order valence-corrected chi connectivity index (χ0v) is 12.0. The average molecular weight is 297 g/mol. The number of carboxylic acids is 1. The fourth-order valence-corrected chi connectivity index (χ4v) is 2.52. The second-order valence-electron chi connectivity index (χ2n) is 5.26. The Bertz CT molecular complexity index is 539. The summed E-state index contributed by atoms with van der Waals surface area (Å²) in [6.07, 6.45) is 1.56. The Balaban J connectivity index is 2.12. The maximum Gasteiger partial charge on any atom is 0.337 e. The normalized spacial score (nSPS) is 17.5. The van der Waals surface area contributed by atoms with E-state index >= 15 is 0 Å². The highest BCUT2D eigenvalue weighted by atomic mass is 35.5. The Labute approximate surface area is 122 Å². The van der Waals surface area contributed by atoms with Crippen LogP contribution in [0.1, 0.15) is 30.1 Å². The maximum absolute atomic E-state index is 12.3. The molecule has 3 N–H and O–H groups in total. The molecule has 1 aliphatic heterocycles. The van der Waals surface area contributed by atoms with E-state index in [1.165, 1.54) is 12.1 Å². The number of carbonyl (C=O) groups is 2. The van der Waals surface area contributed by atoms with Crippen LogP contribution >= 0.6 is 11.6 Å². The van der Waals surface area contributed by atoms with Crippen molar-refractivity contribution in [3.8, 4) is 0 Å². The summed E-state index contributed by atoms with van der Waals surface area (Å²) in [5, 5.41) is 15.1. The summed E-state index contributed by atoms with van der Waals surface area (Å²) >= 11 is 5.89. The van der Waals surface area contributed by atoms with Crippen molar-refractivity contribution in [1.82, 2.24) is 5.32 Å². The Hall–Kier alpha value is -1.59. The molecule has 1 fully saturated rings. The molecule has 0 aliphatic carbocycles. The van der Waals surface area contributed by atoms with Crippen LogP contribution in [0.15, 0.2) is 18.2 Å². The first-order valence-electron chi connectivity index (χ1n) is 6.47. The van der Waals surface area contributed by atoms with E-state index < -0.39 is 11.4 Å². The number of piperidine rings is 1. The van der Waals surface area contributed by atoms with Crippen LogP contribution < -0.4 is 10.6 Å². The minimum absolute atomic E-state index is 0.0257. The van der Waals surface area contributed by atoms with Crippen molar-refractivity contribution in [2.24, 2.45) is 5.41 Å². The molecule has 20 heavy (non-hydrogen) atoms. The highest BCUT2D eigenvalue weighted by Crippen LogP contribution is 2.30. The minimum atomic E-state index is -1.09. The molecule has 1 saturated heterocycles. The van der Waals surface area contributed by atoms with Crippen molar-refractivity contribution >= 4 is 29.2 Å². The van der Waals surface area contributed by atoms with Crippen LogP contribution in [0.25, 0.3) is 0 Å². The number of anilines is 1. The van der Waals surface area contributed by atoms with E-state index in [2.05, 4.69) is 10.6 Å². The van der Waals surface area contributed by atoms with Crippen molar-refractivity contribution in [3.05, 3.63) is 28.8 Å². The Morgan fingerprint density at radius 2 is 2.00 bits per heavy atom. The molecule has 0 atom stereocenters. The van der Waals surface area contributed by atoms with Gasteiger partial charge in [0.1, 0.15) is 0 Å². The van der Waals surface area contributed by atoms with Gasteiger partial charge in [-0.25, -0.2) is 4.79 Å². The fourth-order valence-electron chi connectivity index (χ4n) is 2.25. The van der Waals surface area contributed by atoms with E-state index in [1.807, 2.05) is 6.92 Å². The number of carbonyl (C=O) groups excluding carboxylic acids is 1. The number of hydrogen-bond acceptors (Lipinski definition) is 3. The van der Waals surface area contributed by atoms with Gasteiger partial charge in [-0.1, -0.05) is 18.5 Å². The smallest absolute Gasteiger partial charge is 0.337 e. The molecule has 0 radical (unpaired) electrons. The third-order valence-corrected chi connectivity index (χ3v) is 4.03. The molecule has 1 aromatic carbocycles. The predicted molar refractivity (Wildman–Crippen MR) is 77.3 cm³/mol. The summed E-state index contributed by atoms with van der Waals surface area (Å²) < 4.78 is 0. The van der Waals surface area contributed by atoms with Gasteiger partial charge in [0.05, 0.1) is 10.6 Å². The van der Waals surface area contributed by atoms with Gasteiger partial charge in [-0.2, -0.15) is 0 Å². The molecule has 0 spiro atoms. The molecule has 1 aliphatic rings. The number of nitrogens with one attached hydrogen (secondary N) is 2. The van der Waals surface area contributed by atoms with Crippen molar-refractivity contribution in [2.45, 2.75) is 19.8 Å². The number of aromatic carboxylic acids is 1. The summed E-state index contributed by atoms with van der Waals surface area (Å²) in [7, 11) is 0. The van der Waals surface area contributed by atoms with Crippen LogP contribution in [0.2, 0.25) is 5.02 Å². The van der Waals surface area contributed by atoms with Gasteiger partial charge in [-0.15, -0.1) is 0 Å². The van der Waals surface area contributed by atoms with Gasteiger partial charge >= 0.3 is 5.97 Å². The summed E-state index contributed by atoms with van der Waals surface area (Å²) in [5.74, 6) is -1.14. The second kappa shape index (κ2) is 5.81. The van der Waals surface area contributed by atoms with Gasteiger partial charge in [0.2, 0.25) is 5.91 Å². The first-order valence-corrected chi connectivity index (χ1v) is 6.85. The van der Waals surface area contributed by atoms with Crippen LogP contribution in [0.5, 0.6) is 0 Å². The standard InChI is InChI=1S/C14H17ClN2O3/c1-14(4-6-16-7-5-14)13(20)17-9-2-3-10(12(18)19)11(15)8-9/h2-3,8,16H,4-7H2,1H3,(H,17,20)(H,18,19). The molecule has 0 bridgehead atoms. The predicted octanol–water partition coefficient (Wildman–Crippen LogP) is 2.37. The molecule has 0 saturated carbocycles. The molecule has 1 amide bonds. The first-order chi connectivity index (χ1) is 9.42. The maximum atomic E-state index is 12.3. The van der Waals surface area contributed by atoms with Crippen LogP contribution in [-0.2, 0) is 4.79 Å². The van der Waals surface area contributed by atoms with E-state index in [0.29, 0.717) is 5.69 Å². The molecule has 2 rings (SSSR count). The Kier molecular flexibility index (Phi) is 4.30. The first kappa shape index (κ1) is 14.8. The van der Waals surface area contributed by atoms with E-state index in [-0.39, 0.29) is 16.5 Å². The Morgan fingerprint density at radius 1 is 1.35 bits per heavy atom. The van der Waals surface area contributed by atoms with Crippen molar-refractivity contribution in [3.63, 3.8) is 0 Å². The van der Waals surface area contributed by atoms with Gasteiger partial charge in [-0.05, 0) is 44.1 Å². The van der Waals surface area contributed by atoms with E-state index in [4.69, 9.17) is 16.7 Å². The van der Waals surface area contributed by atoms with Gasteiger partial charge in [0.15, 0.2) is 0 Å². The van der Waals surface area contributed by atoms with Crippen molar-refractivity contribution < 1.29 is 14.7 Å². The zero-order chi connectivity index (χ0) is 14.8. The summed E-state index contributed by atoms with van der Waals surface area (Å²) in [6.45, 7) is 3.58. The summed E-state index contributed by atoms with van der Waals surface area (Å²) in [5.41, 5.74) is 0.144. The molecule has 5 nitrogen and oxygen atoms in total. The molecule has 6 heteroatoms. The number of amides is 1. The molecular formula is C14H17ClN2O3. The molecule has 0 aromatic heterocycles. The highest BCUT2D eigenvalue weighted by molar-refractivity contribution is 6.33. The molecular weight excluding hydrogens is 280 g/mol. The van der Waals surface area contributed by atoms with E-state index in [0.717, 1.165) is 25.9 Å². The summed E-state index contributed by atoms with van der Waals surface area (Å²) in [6, 6.07) is 4.41. The van der Waals surface area contributed by atoms with Crippen LogP contribution in [0.3, 0.4) is 0 Å². The number of halogens is 1. The lowest BCUT2D eigenvalue weighted by molar-refractivity contribution is -0.126. The number of benzene rings is 1. The zero-order valence-electron chi connectivity index (χ0n) is 11.2. The lowest BCUT2D eigenvalue weighted by Gasteiger charge is -2.32. The van der Waals surface area contributed by atoms with E-state index in [1.54, 1.807) is 6.07 Å². The Morgan fingerprint density at radius 3 is 2.55 bits per heavy atom.